The van der Waals surface area contributed by atoms with Gasteiger partial charge in [-0.15, -0.1) is 11.8 Å². The molecule has 1 amide bonds. The highest BCUT2D eigenvalue weighted by atomic mass is 32.2. The third-order valence-electron chi connectivity index (χ3n) is 3.68. The standard InChI is InChI=1S/C18H19NO2S/c1-14-7-9-15(10-8-14)18-19(11-12-22-18)17(20)13-21-16-5-3-2-4-6-16/h2-10,18H,11-13H2,1H3. The predicted octanol–water partition coefficient (Wildman–Crippen LogP) is 3.65. The van der Waals surface area contributed by atoms with Crippen molar-refractivity contribution in [2.45, 2.75) is 12.3 Å². The van der Waals surface area contributed by atoms with E-state index in [9.17, 15) is 4.79 Å². The van der Waals surface area contributed by atoms with E-state index in [1.807, 2.05) is 47.0 Å². The third-order valence-corrected chi connectivity index (χ3v) is 4.94. The van der Waals surface area contributed by atoms with Gasteiger partial charge in [0.05, 0.1) is 0 Å². The number of benzene rings is 2. The molecule has 1 atom stereocenters. The molecule has 1 heterocycles. The van der Waals surface area contributed by atoms with Crippen molar-refractivity contribution in [1.29, 1.82) is 0 Å². The molecule has 1 unspecified atom stereocenters. The van der Waals surface area contributed by atoms with Gasteiger partial charge < -0.3 is 9.64 Å². The first-order chi connectivity index (χ1) is 10.7. The zero-order chi connectivity index (χ0) is 15.4. The molecule has 0 aliphatic carbocycles. The van der Waals surface area contributed by atoms with Crippen LogP contribution in [0.2, 0.25) is 0 Å². The van der Waals surface area contributed by atoms with Crippen LogP contribution in [0, 0.1) is 6.92 Å². The number of nitrogens with zero attached hydrogens (tertiary/aromatic N) is 1. The van der Waals surface area contributed by atoms with Crippen molar-refractivity contribution in [2.24, 2.45) is 0 Å². The van der Waals surface area contributed by atoms with E-state index in [2.05, 4.69) is 31.2 Å². The molecule has 2 aromatic rings. The van der Waals surface area contributed by atoms with Crippen LogP contribution >= 0.6 is 11.8 Å². The van der Waals surface area contributed by atoms with Crippen molar-refractivity contribution in [1.82, 2.24) is 4.90 Å². The molecule has 114 valence electrons. The Hall–Kier alpha value is -1.94. The van der Waals surface area contributed by atoms with Crippen LogP contribution in [-0.2, 0) is 4.79 Å². The van der Waals surface area contributed by atoms with Gasteiger partial charge in [0.25, 0.3) is 5.91 Å². The van der Waals surface area contributed by atoms with Gasteiger partial charge in [-0.25, -0.2) is 0 Å². The molecule has 3 rings (SSSR count). The number of ether oxygens (including phenoxy) is 1. The van der Waals surface area contributed by atoms with Gasteiger partial charge in [0.2, 0.25) is 0 Å². The fraction of sp³-hybridized carbons (Fsp3) is 0.278. The summed E-state index contributed by atoms with van der Waals surface area (Å²) < 4.78 is 5.58. The number of aryl methyl sites for hydroxylation is 1. The lowest BCUT2D eigenvalue weighted by atomic mass is 10.1. The number of thioether (sulfide) groups is 1. The van der Waals surface area contributed by atoms with Crippen molar-refractivity contribution >= 4 is 17.7 Å². The Labute approximate surface area is 135 Å². The topological polar surface area (TPSA) is 29.5 Å². The van der Waals surface area contributed by atoms with Crippen LogP contribution in [0.3, 0.4) is 0 Å². The fourth-order valence-corrected chi connectivity index (χ4v) is 3.76. The minimum Gasteiger partial charge on any atom is -0.484 e. The summed E-state index contributed by atoms with van der Waals surface area (Å²) in [4.78, 5) is 14.4. The average molecular weight is 313 g/mol. The fourth-order valence-electron chi connectivity index (χ4n) is 2.48. The van der Waals surface area contributed by atoms with Gasteiger partial charge in [-0.3, -0.25) is 4.79 Å². The Kier molecular flexibility index (Phi) is 4.68. The van der Waals surface area contributed by atoms with Crippen LogP contribution in [0.4, 0.5) is 0 Å². The normalized spacial score (nSPS) is 17.5. The quantitative estimate of drug-likeness (QED) is 0.863. The molecule has 1 fully saturated rings. The second-order valence-corrected chi connectivity index (χ2v) is 6.51. The number of hydrogen-bond donors (Lipinski definition) is 0. The van der Waals surface area contributed by atoms with E-state index in [1.54, 1.807) is 0 Å². The Morgan fingerprint density at radius 2 is 1.91 bits per heavy atom. The maximum absolute atomic E-state index is 12.5. The molecule has 0 aromatic heterocycles. The van der Waals surface area contributed by atoms with Crippen LogP contribution in [0.15, 0.2) is 54.6 Å². The van der Waals surface area contributed by atoms with Gasteiger partial charge in [0.15, 0.2) is 6.61 Å². The van der Waals surface area contributed by atoms with Crippen LogP contribution in [0.1, 0.15) is 16.5 Å². The highest BCUT2D eigenvalue weighted by Gasteiger charge is 2.30. The Bertz CT molecular complexity index is 627. The van der Waals surface area contributed by atoms with E-state index in [0.29, 0.717) is 0 Å². The second-order valence-electron chi connectivity index (χ2n) is 5.32. The zero-order valence-corrected chi connectivity index (χ0v) is 13.4. The van der Waals surface area contributed by atoms with Crippen molar-refractivity contribution in [2.75, 3.05) is 18.9 Å². The van der Waals surface area contributed by atoms with E-state index >= 15 is 0 Å². The lowest BCUT2D eigenvalue weighted by Crippen LogP contribution is -2.34. The molecule has 4 heteroatoms. The maximum atomic E-state index is 12.5. The molecule has 0 N–H and O–H groups in total. The summed E-state index contributed by atoms with van der Waals surface area (Å²) in [6, 6.07) is 17.9. The SMILES string of the molecule is Cc1ccc(C2SCCN2C(=O)COc2ccccc2)cc1. The summed E-state index contributed by atoms with van der Waals surface area (Å²) >= 11 is 1.81. The van der Waals surface area contributed by atoms with E-state index in [0.717, 1.165) is 18.0 Å². The lowest BCUT2D eigenvalue weighted by Gasteiger charge is -2.24. The third kappa shape index (κ3) is 3.45. The van der Waals surface area contributed by atoms with E-state index in [-0.39, 0.29) is 17.9 Å². The summed E-state index contributed by atoms with van der Waals surface area (Å²) in [5.74, 6) is 1.74. The van der Waals surface area contributed by atoms with Gasteiger partial charge >= 0.3 is 0 Å². The molecule has 0 radical (unpaired) electrons. The predicted molar refractivity (Wildman–Crippen MR) is 90.0 cm³/mol. The Morgan fingerprint density at radius 1 is 1.18 bits per heavy atom. The van der Waals surface area contributed by atoms with Crippen molar-refractivity contribution in [3.8, 4) is 5.75 Å². The van der Waals surface area contributed by atoms with Crippen LogP contribution in [0.5, 0.6) is 5.75 Å². The Balaban J connectivity index is 1.65. The Morgan fingerprint density at radius 3 is 2.64 bits per heavy atom. The van der Waals surface area contributed by atoms with E-state index < -0.39 is 0 Å². The highest BCUT2D eigenvalue weighted by Crippen LogP contribution is 2.37. The van der Waals surface area contributed by atoms with Crippen LogP contribution in [-0.4, -0.2) is 29.7 Å². The zero-order valence-electron chi connectivity index (χ0n) is 12.6. The van der Waals surface area contributed by atoms with Gasteiger partial charge in [0, 0.05) is 12.3 Å². The number of carbonyl (C=O) groups excluding carboxylic acids is 1. The summed E-state index contributed by atoms with van der Waals surface area (Å²) in [6.45, 7) is 2.94. The molecule has 0 saturated carbocycles. The maximum Gasteiger partial charge on any atom is 0.261 e. The molecule has 3 nitrogen and oxygen atoms in total. The molecule has 1 aliphatic rings. The second kappa shape index (κ2) is 6.88. The monoisotopic (exact) mass is 313 g/mol. The molecule has 0 bridgehead atoms. The first kappa shape index (κ1) is 15.0. The average Bonchev–Trinajstić information content (AvgIpc) is 3.04. The van der Waals surface area contributed by atoms with Crippen molar-refractivity contribution in [3.05, 3.63) is 65.7 Å². The smallest absolute Gasteiger partial charge is 0.261 e. The van der Waals surface area contributed by atoms with Gasteiger partial charge in [0.1, 0.15) is 11.1 Å². The minimum atomic E-state index is 0.0411. The van der Waals surface area contributed by atoms with Gasteiger partial charge in [-0.1, -0.05) is 48.0 Å². The molecule has 1 aliphatic heterocycles. The lowest BCUT2D eigenvalue weighted by molar-refractivity contribution is -0.133. The number of rotatable bonds is 4. The highest BCUT2D eigenvalue weighted by molar-refractivity contribution is 7.99. The number of hydrogen-bond acceptors (Lipinski definition) is 3. The number of amides is 1. The molecule has 2 aromatic carbocycles. The van der Waals surface area contributed by atoms with Gasteiger partial charge in [-0.2, -0.15) is 0 Å². The van der Waals surface area contributed by atoms with Crippen molar-refractivity contribution in [3.63, 3.8) is 0 Å². The molecule has 0 spiro atoms. The van der Waals surface area contributed by atoms with Crippen LogP contribution in [0.25, 0.3) is 0 Å². The van der Waals surface area contributed by atoms with Gasteiger partial charge in [-0.05, 0) is 24.6 Å². The largest absolute Gasteiger partial charge is 0.484 e. The first-order valence-electron chi connectivity index (χ1n) is 7.39. The van der Waals surface area contributed by atoms with E-state index in [1.165, 1.54) is 11.1 Å². The molecule has 22 heavy (non-hydrogen) atoms. The summed E-state index contributed by atoms with van der Waals surface area (Å²) in [6.07, 6.45) is 0. The number of para-hydroxylation sites is 1. The minimum absolute atomic E-state index is 0.0411. The summed E-state index contributed by atoms with van der Waals surface area (Å²) in [5, 5.41) is 0.104. The summed E-state index contributed by atoms with van der Waals surface area (Å²) in [5.41, 5.74) is 2.41. The first-order valence-corrected chi connectivity index (χ1v) is 8.44. The molecular formula is C18H19NO2S. The van der Waals surface area contributed by atoms with Crippen LogP contribution < -0.4 is 4.74 Å². The van der Waals surface area contributed by atoms with E-state index in [4.69, 9.17) is 4.74 Å². The molecular weight excluding hydrogens is 294 g/mol. The molecule has 1 saturated heterocycles. The van der Waals surface area contributed by atoms with Crippen molar-refractivity contribution < 1.29 is 9.53 Å². The number of carbonyl (C=O) groups is 1. The summed E-state index contributed by atoms with van der Waals surface area (Å²) in [7, 11) is 0.